The van der Waals surface area contributed by atoms with E-state index in [9.17, 15) is 32.7 Å². The minimum Gasteiger partial charge on any atom is -0.503 e. The van der Waals surface area contributed by atoms with E-state index in [0.717, 1.165) is 22.4 Å². The summed E-state index contributed by atoms with van der Waals surface area (Å²) in [6, 6.07) is 1.11. The fourth-order valence-electron chi connectivity index (χ4n) is 5.97. The number of benzene rings is 1. The summed E-state index contributed by atoms with van der Waals surface area (Å²) in [5, 5.41) is 19.6. The first-order chi connectivity index (χ1) is 23.3. The highest BCUT2D eigenvalue weighted by molar-refractivity contribution is 6.36. The van der Waals surface area contributed by atoms with E-state index >= 15 is 0 Å². The molecule has 19 heteroatoms. The predicted octanol–water partition coefficient (Wildman–Crippen LogP) is 4.27. The lowest BCUT2D eigenvalue weighted by Crippen LogP contribution is -2.55. The summed E-state index contributed by atoms with van der Waals surface area (Å²) in [7, 11) is 0. The van der Waals surface area contributed by atoms with Crippen LogP contribution in [0.25, 0.3) is 11.4 Å². The van der Waals surface area contributed by atoms with E-state index in [2.05, 4.69) is 20.6 Å². The van der Waals surface area contributed by atoms with Gasteiger partial charge < -0.3 is 34.1 Å². The van der Waals surface area contributed by atoms with Gasteiger partial charge >= 0.3 is 6.18 Å². The number of halogens is 5. The number of rotatable bonds is 7. The number of fused-ring (bicyclic) bond motifs is 1. The largest absolute Gasteiger partial charge is 0.503 e. The summed E-state index contributed by atoms with van der Waals surface area (Å²) in [5.74, 6) is -1.26. The number of alkyl halides is 3. The molecule has 1 atom stereocenters. The van der Waals surface area contributed by atoms with Gasteiger partial charge in [0.15, 0.2) is 17.8 Å². The molecule has 0 aliphatic carbocycles. The number of carbonyl (C=O) groups is 2. The lowest BCUT2D eigenvalue weighted by molar-refractivity contribution is -0.137. The SMILES string of the molecule is CCc1c(N2CCN(C(=O)c3nocc3O)[C@H](C)C2)c(=O)n2nc(C3=CCOCC3)nc2n1CC(=O)Nc1cc(Cl)c(C(F)(F)F)cc1Cl. The monoisotopic (exact) mass is 724 g/mol. The molecule has 2 amide bonds. The van der Waals surface area contributed by atoms with Crippen molar-refractivity contribution >= 4 is 57.7 Å². The molecule has 49 heavy (non-hydrogen) atoms. The van der Waals surface area contributed by atoms with Crippen molar-refractivity contribution in [2.45, 2.75) is 45.5 Å². The number of carbonyl (C=O) groups excluding carboxylic acids is 2. The van der Waals surface area contributed by atoms with Gasteiger partial charge in [-0.05, 0) is 37.5 Å². The van der Waals surface area contributed by atoms with Gasteiger partial charge in [-0.3, -0.25) is 14.4 Å². The Hall–Kier alpha value is -4.61. The Kier molecular flexibility index (Phi) is 9.34. The van der Waals surface area contributed by atoms with Gasteiger partial charge in [0.2, 0.25) is 17.4 Å². The number of ether oxygens (including phenoxy) is 1. The topological polar surface area (TPSA) is 160 Å². The lowest BCUT2D eigenvalue weighted by atomic mass is 10.1. The molecule has 2 aliphatic rings. The summed E-state index contributed by atoms with van der Waals surface area (Å²) < 4.78 is 52.8. The third-order valence-electron chi connectivity index (χ3n) is 8.31. The lowest BCUT2D eigenvalue weighted by Gasteiger charge is -2.41. The summed E-state index contributed by atoms with van der Waals surface area (Å²) in [6.07, 6.45) is -1.22. The van der Waals surface area contributed by atoms with E-state index in [1.54, 1.807) is 18.7 Å². The molecule has 2 N–H and O–H groups in total. The van der Waals surface area contributed by atoms with Crippen molar-refractivity contribution < 1.29 is 37.1 Å². The van der Waals surface area contributed by atoms with Gasteiger partial charge in [0, 0.05) is 25.7 Å². The average molecular weight is 726 g/mol. The van der Waals surface area contributed by atoms with Crippen molar-refractivity contribution in [3.05, 3.63) is 67.6 Å². The van der Waals surface area contributed by atoms with Crippen LogP contribution in [0.3, 0.4) is 0 Å². The molecule has 0 bridgehead atoms. The molecule has 260 valence electrons. The maximum atomic E-state index is 14.2. The van der Waals surface area contributed by atoms with Crippen molar-refractivity contribution in [1.29, 1.82) is 0 Å². The fourth-order valence-corrected chi connectivity index (χ4v) is 6.45. The number of hydrogen-bond donors (Lipinski definition) is 2. The van der Waals surface area contributed by atoms with Crippen LogP contribution in [0.2, 0.25) is 10.0 Å². The number of aromatic nitrogens is 5. The van der Waals surface area contributed by atoms with Crippen LogP contribution in [-0.2, 0) is 28.7 Å². The second-order valence-corrected chi connectivity index (χ2v) is 12.3. The number of aromatic hydroxyl groups is 1. The van der Waals surface area contributed by atoms with Gasteiger partial charge in [-0.2, -0.15) is 22.7 Å². The minimum atomic E-state index is -4.75. The number of nitrogens with zero attached hydrogens (tertiary/aromatic N) is 7. The molecule has 14 nitrogen and oxygen atoms in total. The standard InChI is InChI=1S/C30H29Cl2F3N8O6/c1-3-21-25(40-6-7-41(15(2)12-40)27(46)24-22(44)14-49-39-24)28(47)43-29(37-26(38-43)16-4-8-48-9-5-16)42(21)13-23(45)36-20-11-18(31)17(10-19(20)32)30(33,34)35/h4,10-11,14-15,44H,3,5-9,12-13H2,1-2H3,(H,36,45)/t15-/m1/s1. The van der Waals surface area contributed by atoms with E-state index in [4.69, 9.17) is 32.5 Å². The molecule has 4 aromatic rings. The maximum Gasteiger partial charge on any atom is 0.417 e. The first-order valence-corrected chi connectivity index (χ1v) is 15.9. The molecular weight excluding hydrogens is 696 g/mol. The maximum absolute atomic E-state index is 14.2. The molecule has 6 rings (SSSR count). The Balaban J connectivity index is 1.38. The van der Waals surface area contributed by atoms with Crippen molar-refractivity contribution in [1.82, 2.24) is 29.2 Å². The van der Waals surface area contributed by atoms with Crippen molar-refractivity contribution in [2.75, 3.05) is 43.1 Å². The first kappa shape index (κ1) is 34.3. The summed E-state index contributed by atoms with van der Waals surface area (Å²) in [4.78, 5) is 48.7. The highest BCUT2D eigenvalue weighted by Gasteiger charge is 2.36. The van der Waals surface area contributed by atoms with Crippen molar-refractivity contribution in [3.8, 4) is 5.75 Å². The third-order valence-corrected chi connectivity index (χ3v) is 8.93. The highest BCUT2D eigenvalue weighted by Crippen LogP contribution is 2.39. The van der Waals surface area contributed by atoms with Crippen LogP contribution in [0.5, 0.6) is 5.75 Å². The van der Waals surface area contributed by atoms with E-state index in [1.807, 2.05) is 6.08 Å². The molecule has 5 heterocycles. The molecule has 2 aliphatic heterocycles. The number of anilines is 2. The molecule has 0 unspecified atom stereocenters. The molecule has 3 aromatic heterocycles. The Bertz CT molecular complexity index is 2040. The summed E-state index contributed by atoms with van der Waals surface area (Å²) >= 11 is 12.0. The zero-order chi connectivity index (χ0) is 35.2. The Morgan fingerprint density at radius 1 is 1.18 bits per heavy atom. The zero-order valence-corrected chi connectivity index (χ0v) is 27.6. The predicted molar refractivity (Wildman–Crippen MR) is 171 cm³/mol. The summed E-state index contributed by atoms with van der Waals surface area (Å²) in [5.41, 5.74) is -0.575. The Morgan fingerprint density at radius 2 is 1.96 bits per heavy atom. The molecule has 1 fully saturated rings. The van der Waals surface area contributed by atoms with Crippen molar-refractivity contribution in [2.24, 2.45) is 0 Å². The highest BCUT2D eigenvalue weighted by atomic mass is 35.5. The van der Waals surface area contributed by atoms with Crippen LogP contribution in [-0.4, -0.2) is 85.0 Å². The number of hydrogen-bond acceptors (Lipinski definition) is 10. The first-order valence-electron chi connectivity index (χ1n) is 15.1. The van der Waals surface area contributed by atoms with Crippen LogP contribution in [0.15, 0.2) is 33.8 Å². The van der Waals surface area contributed by atoms with E-state index in [0.29, 0.717) is 31.4 Å². The fraction of sp³-hybridized carbons (Fsp3) is 0.400. The Morgan fingerprint density at radius 3 is 2.59 bits per heavy atom. The van der Waals surface area contributed by atoms with E-state index in [1.165, 1.54) is 9.47 Å². The average Bonchev–Trinajstić information content (AvgIpc) is 3.70. The van der Waals surface area contributed by atoms with Gasteiger partial charge in [-0.1, -0.05) is 41.4 Å². The number of piperazine rings is 1. The molecular formula is C30H29Cl2F3N8O6. The Labute approximate surface area is 285 Å². The van der Waals surface area contributed by atoms with E-state index in [-0.39, 0.29) is 65.5 Å². The number of nitrogens with one attached hydrogen (secondary N) is 1. The minimum absolute atomic E-state index is 0.0723. The molecule has 0 saturated carbocycles. The second kappa shape index (κ2) is 13.4. The van der Waals surface area contributed by atoms with Crippen LogP contribution in [0, 0.1) is 0 Å². The van der Waals surface area contributed by atoms with Crippen molar-refractivity contribution in [3.63, 3.8) is 0 Å². The molecule has 1 aromatic carbocycles. The van der Waals surface area contributed by atoms with Crippen LogP contribution in [0.4, 0.5) is 24.5 Å². The van der Waals surface area contributed by atoms with Gasteiger partial charge in [-0.25, -0.2) is 0 Å². The summed E-state index contributed by atoms with van der Waals surface area (Å²) in [6.45, 7) is 4.50. The molecule has 0 spiro atoms. The van der Waals surface area contributed by atoms with Gasteiger partial charge in [0.1, 0.15) is 12.2 Å². The smallest absolute Gasteiger partial charge is 0.417 e. The van der Waals surface area contributed by atoms with Gasteiger partial charge in [-0.15, -0.1) is 5.10 Å². The zero-order valence-electron chi connectivity index (χ0n) is 26.1. The normalized spacial score (nSPS) is 17.0. The molecule has 1 saturated heterocycles. The van der Waals surface area contributed by atoms with E-state index < -0.39 is 46.7 Å². The van der Waals surface area contributed by atoms with Crippen LogP contribution >= 0.6 is 23.2 Å². The van der Waals surface area contributed by atoms with Crippen LogP contribution < -0.4 is 15.8 Å². The van der Waals surface area contributed by atoms with Gasteiger partial charge in [0.05, 0.1) is 40.2 Å². The third kappa shape index (κ3) is 6.57. The number of amides is 2. The second-order valence-electron chi connectivity index (χ2n) is 11.4. The quantitative estimate of drug-likeness (QED) is 0.282. The molecule has 0 radical (unpaired) electrons. The van der Waals surface area contributed by atoms with Crippen LogP contribution in [0.1, 0.15) is 47.8 Å². The van der Waals surface area contributed by atoms with Gasteiger partial charge in [0.25, 0.3) is 11.5 Å².